The minimum Gasteiger partial charge on any atom is -0.355 e. The summed E-state index contributed by atoms with van der Waals surface area (Å²) in [6.45, 7) is 9.60. The van der Waals surface area contributed by atoms with Crippen LogP contribution >= 0.6 is 0 Å². The molecule has 0 aromatic heterocycles. The van der Waals surface area contributed by atoms with E-state index in [4.69, 9.17) is 0 Å². The lowest BCUT2D eigenvalue weighted by molar-refractivity contribution is -0.120. The van der Waals surface area contributed by atoms with E-state index < -0.39 is 0 Å². The SMILES string of the molecule is Cc1cccc([C@H](C)NCC(=O)NCCC(C)C)c1. The second-order valence-corrected chi connectivity index (χ2v) is 5.55. The maximum atomic E-state index is 11.7. The minimum absolute atomic E-state index is 0.0696. The summed E-state index contributed by atoms with van der Waals surface area (Å²) in [4.78, 5) is 11.7. The van der Waals surface area contributed by atoms with Gasteiger partial charge >= 0.3 is 0 Å². The zero-order chi connectivity index (χ0) is 14.3. The van der Waals surface area contributed by atoms with Crippen LogP contribution in [0, 0.1) is 12.8 Å². The van der Waals surface area contributed by atoms with Crippen LogP contribution in [-0.4, -0.2) is 19.0 Å². The first-order chi connectivity index (χ1) is 8.99. The summed E-state index contributed by atoms with van der Waals surface area (Å²) in [5.74, 6) is 0.694. The Morgan fingerprint density at radius 1 is 1.26 bits per heavy atom. The lowest BCUT2D eigenvalue weighted by Gasteiger charge is -2.15. The highest BCUT2D eigenvalue weighted by Gasteiger charge is 2.07. The van der Waals surface area contributed by atoms with E-state index in [9.17, 15) is 4.79 Å². The molecule has 1 rings (SSSR count). The van der Waals surface area contributed by atoms with Gasteiger partial charge in [-0.2, -0.15) is 0 Å². The summed E-state index contributed by atoms with van der Waals surface area (Å²) in [5.41, 5.74) is 2.46. The minimum atomic E-state index is 0.0696. The molecule has 0 spiro atoms. The molecule has 0 aliphatic carbocycles. The molecule has 0 radical (unpaired) electrons. The maximum absolute atomic E-state index is 11.7. The van der Waals surface area contributed by atoms with Crippen LogP contribution in [0.15, 0.2) is 24.3 Å². The van der Waals surface area contributed by atoms with Crippen LogP contribution in [0.2, 0.25) is 0 Å². The van der Waals surface area contributed by atoms with Crippen LogP contribution in [0.1, 0.15) is 44.4 Å². The maximum Gasteiger partial charge on any atom is 0.233 e. The third-order valence-electron chi connectivity index (χ3n) is 3.15. The van der Waals surface area contributed by atoms with Gasteiger partial charge in [-0.3, -0.25) is 4.79 Å². The van der Waals surface area contributed by atoms with Crippen LogP contribution in [0.5, 0.6) is 0 Å². The molecule has 1 aromatic rings. The number of rotatable bonds is 7. The molecule has 1 atom stereocenters. The van der Waals surface area contributed by atoms with Crippen molar-refractivity contribution < 1.29 is 4.79 Å². The highest BCUT2D eigenvalue weighted by molar-refractivity contribution is 5.77. The largest absolute Gasteiger partial charge is 0.355 e. The van der Waals surface area contributed by atoms with Gasteiger partial charge in [-0.1, -0.05) is 43.7 Å². The van der Waals surface area contributed by atoms with Crippen LogP contribution in [0.3, 0.4) is 0 Å². The Kier molecular flexibility index (Phi) is 6.57. The Hall–Kier alpha value is -1.35. The first kappa shape index (κ1) is 15.7. The Labute approximate surface area is 116 Å². The van der Waals surface area contributed by atoms with Crippen molar-refractivity contribution in [1.82, 2.24) is 10.6 Å². The highest BCUT2D eigenvalue weighted by Crippen LogP contribution is 2.13. The predicted molar refractivity (Wildman–Crippen MR) is 80.1 cm³/mol. The van der Waals surface area contributed by atoms with Gasteiger partial charge in [0.25, 0.3) is 0 Å². The monoisotopic (exact) mass is 262 g/mol. The molecule has 0 bridgehead atoms. The molecule has 3 heteroatoms. The van der Waals surface area contributed by atoms with Crippen molar-refractivity contribution in [3.05, 3.63) is 35.4 Å². The van der Waals surface area contributed by atoms with Crippen LogP contribution in [0.25, 0.3) is 0 Å². The van der Waals surface area contributed by atoms with E-state index in [2.05, 4.69) is 56.5 Å². The fraction of sp³-hybridized carbons (Fsp3) is 0.562. The third-order valence-corrected chi connectivity index (χ3v) is 3.15. The van der Waals surface area contributed by atoms with Crippen LogP contribution in [0.4, 0.5) is 0 Å². The molecule has 3 nitrogen and oxygen atoms in total. The second kappa shape index (κ2) is 7.95. The highest BCUT2D eigenvalue weighted by atomic mass is 16.1. The Morgan fingerprint density at radius 3 is 2.63 bits per heavy atom. The number of hydrogen-bond acceptors (Lipinski definition) is 2. The van der Waals surface area contributed by atoms with E-state index >= 15 is 0 Å². The molecule has 0 fully saturated rings. The van der Waals surface area contributed by atoms with Crippen molar-refractivity contribution in [2.24, 2.45) is 5.92 Å². The fourth-order valence-corrected chi connectivity index (χ4v) is 1.87. The first-order valence-corrected chi connectivity index (χ1v) is 7.05. The van der Waals surface area contributed by atoms with Crippen molar-refractivity contribution in [2.45, 2.75) is 40.2 Å². The van der Waals surface area contributed by atoms with E-state index in [1.807, 2.05) is 6.07 Å². The smallest absolute Gasteiger partial charge is 0.233 e. The van der Waals surface area contributed by atoms with E-state index in [0.29, 0.717) is 12.5 Å². The molecular formula is C16H26N2O. The first-order valence-electron chi connectivity index (χ1n) is 7.05. The normalized spacial score (nSPS) is 12.5. The van der Waals surface area contributed by atoms with Gasteiger partial charge < -0.3 is 10.6 Å². The van der Waals surface area contributed by atoms with Gasteiger partial charge in [-0.05, 0) is 31.7 Å². The summed E-state index contributed by atoms with van der Waals surface area (Å²) in [5, 5.41) is 6.18. The molecule has 0 heterocycles. The average molecular weight is 262 g/mol. The second-order valence-electron chi connectivity index (χ2n) is 5.55. The Balaban J connectivity index is 2.30. The van der Waals surface area contributed by atoms with Crippen molar-refractivity contribution >= 4 is 5.91 Å². The third kappa shape index (κ3) is 6.39. The number of nitrogens with one attached hydrogen (secondary N) is 2. The Morgan fingerprint density at radius 2 is 2.00 bits per heavy atom. The van der Waals surface area contributed by atoms with E-state index in [1.165, 1.54) is 11.1 Å². The summed E-state index contributed by atoms with van der Waals surface area (Å²) >= 11 is 0. The summed E-state index contributed by atoms with van der Waals surface area (Å²) in [6.07, 6.45) is 1.03. The molecular weight excluding hydrogens is 236 g/mol. The summed E-state index contributed by atoms with van der Waals surface area (Å²) in [7, 11) is 0. The number of aryl methyl sites for hydroxylation is 1. The molecule has 0 unspecified atom stereocenters. The molecule has 0 saturated carbocycles. The molecule has 1 amide bonds. The number of hydrogen-bond donors (Lipinski definition) is 2. The molecule has 1 aromatic carbocycles. The van der Waals surface area contributed by atoms with Crippen molar-refractivity contribution in [2.75, 3.05) is 13.1 Å². The van der Waals surface area contributed by atoms with Gasteiger partial charge in [-0.25, -0.2) is 0 Å². The van der Waals surface area contributed by atoms with E-state index in [1.54, 1.807) is 0 Å². The zero-order valence-electron chi connectivity index (χ0n) is 12.5. The summed E-state index contributed by atoms with van der Waals surface area (Å²) in [6, 6.07) is 8.55. The standard InChI is InChI=1S/C16H26N2O/c1-12(2)8-9-17-16(19)11-18-14(4)15-7-5-6-13(3)10-15/h5-7,10,12,14,18H,8-9,11H2,1-4H3,(H,17,19)/t14-/m0/s1. The zero-order valence-corrected chi connectivity index (χ0v) is 12.5. The molecule has 0 aliphatic heterocycles. The number of carbonyl (C=O) groups is 1. The molecule has 2 N–H and O–H groups in total. The Bertz CT molecular complexity index is 401. The molecule has 0 saturated heterocycles. The van der Waals surface area contributed by atoms with Crippen molar-refractivity contribution in [3.63, 3.8) is 0 Å². The predicted octanol–water partition coefficient (Wildman–Crippen LogP) is 2.81. The topological polar surface area (TPSA) is 41.1 Å². The lowest BCUT2D eigenvalue weighted by atomic mass is 10.1. The number of carbonyl (C=O) groups excluding carboxylic acids is 1. The number of benzene rings is 1. The molecule has 0 aliphatic rings. The van der Waals surface area contributed by atoms with Gasteiger partial charge in [0, 0.05) is 12.6 Å². The van der Waals surface area contributed by atoms with Gasteiger partial charge in [0.15, 0.2) is 0 Å². The summed E-state index contributed by atoms with van der Waals surface area (Å²) < 4.78 is 0. The van der Waals surface area contributed by atoms with Gasteiger partial charge in [0.1, 0.15) is 0 Å². The van der Waals surface area contributed by atoms with Crippen LogP contribution < -0.4 is 10.6 Å². The average Bonchev–Trinajstić information content (AvgIpc) is 2.35. The van der Waals surface area contributed by atoms with E-state index in [-0.39, 0.29) is 11.9 Å². The molecule has 106 valence electrons. The van der Waals surface area contributed by atoms with Gasteiger partial charge in [0.05, 0.1) is 6.54 Å². The van der Waals surface area contributed by atoms with E-state index in [0.717, 1.165) is 13.0 Å². The lowest BCUT2D eigenvalue weighted by Crippen LogP contribution is -2.35. The van der Waals surface area contributed by atoms with Gasteiger partial charge in [-0.15, -0.1) is 0 Å². The van der Waals surface area contributed by atoms with Crippen molar-refractivity contribution in [1.29, 1.82) is 0 Å². The molecule has 19 heavy (non-hydrogen) atoms. The van der Waals surface area contributed by atoms with Crippen molar-refractivity contribution in [3.8, 4) is 0 Å². The fourth-order valence-electron chi connectivity index (χ4n) is 1.87. The van der Waals surface area contributed by atoms with Crippen LogP contribution in [-0.2, 0) is 4.79 Å². The van der Waals surface area contributed by atoms with Gasteiger partial charge in [0.2, 0.25) is 5.91 Å². The quantitative estimate of drug-likeness (QED) is 0.793. The number of amides is 1.